The van der Waals surface area contributed by atoms with Crippen molar-refractivity contribution in [3.8, 4) is 0 Å². The number of rotatable bonds is 2. The first-order valence-electron chi connectivity index (χ1n) is 5.03. The number of nitrogens with two attached hydrogens (primary N) is 1. The van der Waals surface area contributed by atoms with Crippen LogP contribution in [0.15, 0.2) is 16.7 Å². The number of allylic oxidation sites excluding steroid dienone is 1. The summed E-state index contributed by atoms with van der Waals surface area (Å²) in [6, 6.07) is 0. The molecule has 15 heavy (non-hydrogen) atoms. The Morgan fingerprint density at radius 1 is 1.20 bits per heavy atom. The smallest absolute Gasteiger partial charge is 0.405 e. The van der Waals surface area contributed by atoms with Crippen molar-refractivity contribution in [2.24, 2.45) is 10.7 Å². The lowest BCUT2D eigenvalue weighted by Crippen LogP contribution is -2.41. The zero-order chi connectivity index (χ0) is 11.7. The Kier molecular flexibility index (Phi) is 3.26. The summed E-state index contributed by atoms with van der Waals surface area (Å²) in [5, 5.41) is 0. The fraction of sp³-hybridized carbons (Fsp3) is 0.700. The highest BCUT2D eigenvalue weighted by Crippen LogP contribution is 2.38. The van der Waals surface area contributed by atoms with Gasteiger partial charge in [-0.1, -0.05) is 0 Å². The number of nitrogens with zero attached hydrogens (tertiary/aromatic N) is 1. The zero-order valence-electron chi connectivity index (χ0n) is 10.1. The molecule has 4 nitrogen and oxygen atoms in total. The molecule has 0 amide bonds. The zero-order valence-corrected chi connectivity index (χ0v) is 10.1. The maximum absolute atomic E-state index is 5.81. The van der Waals surface area contributed by atoms with E-state index >= 15 is 0 Å². The topological polar surface area (TPSA) is 56.8 Å². The van der Waals surface area contributed by atoms with Gasteiger partial charge in [0.2, 0.25) is 0 Å². The van der Waals surface area contributed by atoms with Crippen LogP contribution < -0.4 is 5.73 Å². The second-order valence-corrected chi connectivity index (χ2v) is 4.64. The van der Waals surface area contributed by atoms with Crippen LogP contribution >= 0.6 is 0 Å². The van der Waals surface area contributed by atoms with Crippen molar-refractivity contribution in [2.45, 2.75) is 38.9 Å². The molecule has 0 aromatic carbocycles. The lowest BCUT2D eigenvalue weighted by atomic mass is 9.79. The minimum Gasteiger partial charge on any atom is -0.405 e. The maximum Gasteiger partial charge on any atom is 0.497 e. The molecule has 1 heterocycles. The van der Waals surface area contributed by atoms with E-state index in [4.69, 9.17) is 15.0 Å². The van der Waals surface area contributed by atoms with Crippen molar-refractivity contribution in [1.82, 2.24) is 0 Å². The van der Waals surface area contributed by atoms with E-state index in [1.54, 1.807) is 13.3 Å². The fourth-order valence-electron chi connectivity index (χ4n) is 1.31. The summed E-state index contributed by atoms with van der Waals surface area (Å²) in [5.41, 5.74) is 5.57. The van der Waals surface area contributed by atoms with Crippen molar-refractivity contribution >= 4 is 13.3 Å². The van der Waals surface area contributed by atoms with E-state index in [-0.39, 0.29) is 11.2 Å². The summed E-state index contributed by atoms with van der Waals surface area (Å²) < 4.78 is 11.6. The standard InChI is InChI=1S/C10H19BN2O2/c1-9(2)10(3,4)15-11(14-9)8(6-12)7-13-5/h6-7H,12H2,1-5H3/b8-6+,13-7?. The normalized spacial score (nSPS) is 25.1. The first-order chi connectivity index (χ1) is 6.84. The van der Waals surface area contributed by atoms with Crippen LogP contribution in [-0.2, 0) is 9.31 Å². The molecule has 1 aliphatic heterocycles. The number of hydrogen-bond donors (Lipinski definition) is 1. The largest absolute Gasteiger partial charge is 0.497 e. The molecular weight excluding hydrogens is 191 g/mol. The van der Waals surface area contributed by atoms with Gasteiger partial charge in [0.05, 0.1) is 11.2 Å². The highest BCUT2D eigenvalue weighted by molar-refractivity contribution is 6.60. The lowest BCUT2D eigenvalue weighted by molar-refractivity contribution is 0.00578. The summed E-state index contributed by atoms with van der Waals surface area (Å²) in [6.07, 6.45) is 3.12. The second-order valence-electron chi connectivity index (χ2n) is 4.64. The average Bonchev–Trinajstić information content (AvgIpc) is 2.32. The van der Waals surface area contributed by atoms with E-state index in [1.165, 1.54) is 6.20 Å². The van der Waals surface area contributed by atoms with Crippen molar-refractivity contribution < 1.29 is 9.31 Å². The highest BCUT2D eigenvalue weighted by atomic mass is 16.7. The Morgan fingerprint density at radius 2 is 1.67 bits per heavy atom. The molecule has 2 N–H and O–H groups in total. The average molecular weight is 210 g/mol. The Balaban J connectivity index is 2.87. The van der Waals surface area contributed by atoms with Crippen LogP contribution in [0.3, 0.4) is 0 Å². The van der Waals surface area contributed by atoms with E-state index in [0.29, 0.717) is 0 Å². The molecule has 0 unspecified atom stereocenters. The fourth-order valence-corrected chi connectivity index (χ4v) is 1.31. The highest BCUT2D eigenvalue weighted by Gasteiger charge is 2.52. The Bertz CT molecular complexity index is 282. The summed E-state index contributed by atoms with van der Waals surface area (Å²) in [6.45, 7) is 8.02. The van der Waals surface area contributed by atoms with Crippen molar-refractivity contribution in [2.75, 3.05) is 7.05 Å². The van der Waals surface area contributed by atoms with E-state index in [1.807, 2.05) is 27.7 Å². The van der Waals surface area contributed by atoms with Crippen LogP contribution in [0.1, 0.15) is 27.7 Å². The quantitative estimate of drug-likeness (QED) is 0.549. The van der Waals surface area contributed by atoms with Gasteiger partial charge in [0.25, 0.3) is 0 Å². The number of aliphatic imine (C=N–C) groups is 1. The second kappa shape index (κ2) is 3.98. The van der Waals surface area contributed by atoms with E-state index in [9.17, 15) is 0 Å². The maximum atomic E-state index is 5.81. The van der Waals surface area contributed by atoms with Gasteiger partial charge in [0, 0.05) is 18.7 Å². The molecule has 0 atom stereocenters. The van der Waals surface area contributed by atoms with Gasteiger partial charge >= 0.3 is 7.12 Å². The summed E-state index contributed by atoms with van der Waals surface area (Å²) in [5.74, 6) is 0. The van der Waals surface area contributed by atoms with Crippen LogP contribution in [0, 0.1) is 0 Å². The molecule has 84 valence electrons. The van der Waals surface area contributed by atoms with Crippen LogP contribution in [0.2, 0.25) is 0 Å². The van der Waals surface area contributed by atoms with Crippen LogP contribution in [0.25, 0.3) is 0 Å². The molecule has 5 heteroatoms. The predicted molar refractivity (Wildman–Crippen MR) is 62.8 cm³/mol. The van der Waals surface area contributed by atoms with Gasteiger partial charge in [-0.15, -0.1) is 0 Å². The summed E-state index contributed by atoms with van der Waals surface area (Å²) in [7, 11) is 1.26. The van der Waals surface area contributed by atoms with Gasteiger partial charge < -0.3 is 15.0 Å². The van der Waals surface area contributed by atoms with Gasteiger partial charge in [-0.05, 0) is 33.9 Å². The molecule has 0 saturated carbocycles. The van der Waals surface area contributed by atoms with Gasteiger partial charge in [-0.3, -0.25) is 4.99 Å². The Morgan fingerprint density at radius 3 is 2.00 bits per heavy atom. The first-order valence-corrected chi connectivity index (χ1v) is 5.03. The van der Waals surface area contributed by atoms with Gasteiger partial charge in [-0.25, -0.2) is 0 Å². The molecule has 0 aromatic rings. The molecule has 0 aromatic heterocycles. The van der Waals surface area contributed by atoms with E-state index in [2.05, 4.69) is 4.99 Å². The Labute approximate surface area is 91.7 Å². The van der Waals surface area contributed by atoms with Crippen molar-refractivity contribution in [3.63, 3.8) is 0 Å². The van der Waals surface area contributed by atoms with Crippen LogP contribution in [0.5, 0.6) is 0 Å². The molecule has 1 fully saturated rings. The minimum atomic E-state index is -0.427. The third-order valence-electron chi connectivity index (χ3n) is 3.00. The molecule has 0 aliphatic carbocycles. The predicted octanol–water partition coefficient (Wildman–Crippen LogP) is 1.16. The first kappa shape index (κ1) is 12.3. The lowest BCUT2D eigenvalue weighted by Gasteiger charge is -2.32. The van der Waals surface area contributed by atoms with E-state index < -0.39 is 7.12 Å². The monoisotopic (exact) mass is 210 g/mol. The molecule has 1 saturated heterocycles. The Hall–Kier alpha value is -0.805. The molecule has 1 rings (SSSR count). The minimum absolute atomic E-state index is 0.340. The molecular formula is C10H19BN2O2. The molecule has 0 bridgehead atoms. The van der Waals surface area contributed by atoms with Crippen molar-refractivity contribution in [1.29, 1.82) is 0 Å². The van der Waals surface area contributed by atoms with Gasteiger partial charge in [-0.2, -0.15) is 0 Å². The van der Waals surface area contributed by atoms with Crippen LogP contribution in [0.4, 0.5) is 0 Å². The summed E-state index contributed by atoms with van der Waals surface area (Å²) >= 11 is 0. The summed E-state index contributed by atoms with van der Waals surface area (Å²) in [4.78, 5) is 3.91. The van der Waals surface area contributed by atoms with Gasteiger partial charge in [0.1, 0.15) is 0 Å². The molecule has 1 aliphatic rings. The molecule has 0 spiro atoms. The third kappa shape index (κ3) is 2.24. The molecule has 0 radical (unpaired) electrons. The van der Waals surface area contributed by atoms with Crippen LogP contribution in [-0.4, -0.2) is 31.6 Å². The number of hydrogen-bond acceptors (Lipinski definition) is 4. The third-order valence-corrected chi connectivity index (χ3v) is 3.00. The van der Waals surface area contributed by atoms with Gasteiger partial charge in [0.15, 0.2) is 0 Å². The van der Waals surface area contributed by atoms with Crippen molar-refractivity contribution in [3.05, 3.63) is 11.7 Å². The van der Waals surface area contributed by atoms with E-state index in [0.717, 1.165) is 5.47 Å². The SMILES string of the molecule is CN=C/C(=C\N)B1OC(C)(C)C(C)(C)O1.